The Bertz CT molecular complexity index is 731. The van der Waals surface area contributed by atoms with E-state index in [4.69, 9.17) is 20.4 Å². The summed E-state index contributed by atoms with van der Waals surface area (Å²) >= 11 is 0. The fourth-order valence-electron chi connectivity index (χ4n) is 2.12. The smallest absolute Gasteiger partial charge is 0.231 e. The summed E-state index contributed by atoms with van der Waals surface area (Å²) in [6, 6.07) is 15.1. The summed E-state index contributed by atoms with van der Waals surface area (Å²) < 4.78 is 0. The van der Waals surface area contributed by atoms with Gasteiger partial charge in [-0.2, -0.15) is 0 Å². The molecule has 6 heteroatoms. The van der Waals surface area contributed by atoms with Crippen LogP contribution in [-0.2, 0) is 14.4 Å². The Kier molecular flexibility index (Phi) is 9.70. The van der Waals surface area contributed by atoms with Gasteiger partial charge in [0.05, 0.1) is 0 Å². The lowest BCUT2D eigenvalue weighted by molar-refractivity contribution is -0.115. The summed E-state index contributed by atoms with van der Waals surface area (Å²) in [5.41, 5.74) is 7.06. The van der Waals surface area contributed by atoms with E-state index >= 15 is 0 Å². The molecule has 3 rings (SSSR count). The van der Waals surface area contributed by atoms with Crippen LogP contribution in [0, 0.1) is 17.7 Å². The largest absolute Gasteiger partial charge is 0.351 e. The molecule has 124 valence electrons. The van der Waals surface area contributed by atoms with Gasteiger partial charge in [0.2, 0.25) is 18.6 Å². The zero-order valence-electron chi connectivity index (χ0n) is 13.8. The molecule has 0 heterocycles. The van der Waals surface area contributed by atoms with Crippen LogP contribution >= 0.6 is 0 Å². The number of hydrogen-bond donors (Lipinski definition) is 2. The van der Waals surface area contributed by atoms with Crippen molar-refractivity contribution in [2.45, 2.75) is 6.92 Å². The molecule has 24 heavy (non-hydrogen) atoms. The molecule has 6 nitrogen and oxygen atoms in total. The second-order valence-corrected chi connectivity index (χ2v) is 4.82. The van der Waals surface area contributed by atoms with Crippen LogP contribution in [-0.4, -0.2) is 37.6 Å². The number of nitrogens with one attached hydrogen (secondary N) is 2. The van der Waals surface area contributed by atoms with Gasteiger partial charge in [-0.1, -0.05) is 42.5 Å². The number of isocyanates is 2. The summed E-state index contributed by atoms with van der Waals surface area (Å²) in [5, 5.41) is 10.8. The van der Waals surface area contributed by atoms with Crippen LogP contribution in [0.2, 0.25) is 0 Å². The number of carbonyl (C=O) groups is 1. The van der Waals surface area contributed by atoms with Crippen LogP contribution in [0.5, 0.6) is 0 Å². The van der Waals surface area contributed by atoms with Crippen molar-refractivity contribution in [3.05, 3.63) is 48.0 Å². The van der Waals surface area contributed by atoms with Crippen molar-refractivity contribution in [3.63, 3.8) is 0 Å². The third-order valence-electron chi connectivity index (χ3n) is 2.97. The zero-order valence-corrected chi connectivity index (χ0v) is 13.8. The molecule has 0 atom stereocenters. The number of hydrogen-bond acceptors (Lipinski definition) is 5. The highest BCUT2D eigenvalue weighted by Gasteiger charge is 2.22. The maximum Gasteiger partial charge on any atom is 0.231 e. The van der Waals surface area contributed by atoms with Crippen LogP contribution in [0.1, 0.15) is 5.56 Å². The SMILES string of the molecule is CN(C)C=O.Cc1cccc2c1-c1ccccc1-2.N=C=O.N=C=O. The van der Waals surface area contributed by atoms with Crippen molar-refractivity contribution in [1.82, 2.24) is 4.90 Å². The van der Waals surface area contributed by atoms with E-state index in [1.165, 1.54) is 32.7 Å². The van der Waals surface area contributed by atoms with Crippen LogP contribution in [0.4, 0.5) is 0 Å². The standard InChI is InChI=1S/C13H10.C3H7NO.2CHNO/c1-9-5-4-8-12-10-6-2-3-7-11(10)13(9)12;1-4(2)3-5;2*2-1-3/h2-8H,1H3;3H,1-2H3;2*2H. The van der Waals surface area contributed by atoms with Gasteiger partial charge in [0.25, 0.3) is 0 Å². The average molecular weight is 325 g/mol. The lowest BCUT2D eigenvalue weighted by Gasteiger charge is -2.25. The Morgan fingerprint density at radius 1 is 0.875 bits per heavy atom. The van der Waals surface area contributed by atoms with E-state index < -0.39 is 0 Å². The summed E-state index contributed by atoms with van der Waals surface area (Å²) in [5.74, 6) is 0. The monoisotopic (exact) mass is 325 g/mol. The number of carbonyl (C=O) groups excluding carboxylic acids is 3. The van der Waals surface area contributed by atoms with Crippen molar-refractivity contribution in [1.29, 1.82) is 10.8 Å². The van der Waals surface area contributed by atoms with Gasteiger partial charge in [-0.3, -0.25) is 4.79 Å². The Balaban J connectivity index is 0.000000406. The molecular formula is C18H19N3O3. The van der Waals surface area contributed by atoms with E-state index in [0.717, 1.165) is 18.6 Å². The Labute approximate surface area is 140 Å². The number of aryl methyl sites for hydroxylation is 1. The van der Waals surface area contributed by atoms with Crippen LogP contribution in [0.25, 0.3) is 22.3 Å². The van der Waals surface area contributed by atoms with Gasteiger partial charge in [-0.25, -0.2) is 20.4 Å². The van der Waals surface area contributed by atoms with E-state index in [0.29, 0.717) is 0 Å². The first kappa shape index (κ1) is 20.7. The van der Waals surface area contributed by atoms with Gasteiger partial charge < -0.3 is 4.90 Å². The van der Waals surface area contributed by atoms with Crippen LogP contribution in [0.15, 0.2) is 42.5 Å². The molecule has 2 aromatic carbocycles. The van der Waals surface area contributed by atoms with Gasteiger partial charge in [-0.05, 0) is 34.7 Å². The van der Waals surface area contributed by atoms with Crippen molar-refractivity contribution in [2.75, 3.05) is 14.1 Å². The van der Waals surface area contributed by atoms with E-state index in [2.05, 4.69) is 49.4 Å². The van der Waals surface area contributed by atoms with Gasteiger partial charge in [0.15, 0.2) is 0 Å². The molecule has 0 radical (unpaired) electrons. The minimum Gasteiger partial charge on any atom is -0.351 e. The molecule has 0 bridgehead atoms. The first-order chi connectivity index (χ1) is 11.5. The second-order valence-electron chi connectivity index (χ2n) is 4.82. The molecule has 0 fully saturated rings. The molecule has 1 amide bonds. The van der Waals surface area contributed by atoms with Crippen LogP contribution < -0.4 is 0 Å². The molecule has 1 aliphatic carbocycles. The normalized spacial score (nSPS) is 8.29. The molecule has 0 aliphatic heterocycles. The van der Waals surface area contributed by atoms with Gasteiger partial charge in [0, 0.05) is 14.1 Å². The Morgan fingerprint density at radius 2 is 1.29 bits per heavy atom. The molecule has 0 unspecified atom stereocenters. The molecule has 2 N–H and O–H groups in total. The fourth-order valence-corrected chi connectivity index (χ4v) is 2.12. The summed E-state index contributed by atoms with van der Waals surface area (Å²) in [6.07, 6.45) is 2.25. The molecule has 0 saturated heterocycles. The number of benzene rings is 2. The number of amides is 1. The highest BCUT2D eigenvalue weighted by atomic mass is 16.1. The predicted molar refractivity (Wildman–Crippen MR) is 92.2 cm³/mol. The van der Waals surface area contributed by atoms with Crippen molar-refractivity contribution < 1.29 is 14.4 Å². The van der Waals surface area contributed by atoms with Crippen molar-refractivity contribution >= 4 is 18.6 Å². The van der Waals surface area contributed by atoms with Crippen molar-refractivity contribution in [2.24, 2.45) is 0 Å². The van der Waals surface area contributed by atoms with Gasteiger partial charge in [-0.15, -0.1) is 0 Å². The highest BCUT2D eigenvalue weighted by molar-refractivity contribution is 6.03. The minimum atomic E-state index is 0.750. The third kappa shape index (κ3) is 5.81. The minimum absolute atomic E-state index is 0.750. The molecule has 1 aliphatic rings. The average Bonchev–Trinajstić information content (AvgIpc) is 2.54. The van der Waals surface area contributed by atoms with Crippen LogP contribution in [0.3, 0.4) is 0 Å². The quantitative estimate of drug-likeness (QED) is 0.408. The number of fused-ring (bicyclic) bond motifs is 4. The lowest BCUT2D eigenvalue weighted by Crippen LogP contribution is -2.06. The van der Waals surface area contributed by atoms with E-state index in [-0.39, 0.29) is 0 Å². The zero-order chi connectivity index (χ0) is 18.5. The molecule has 0 saturated carbocycles. The predicted octanol–water partition coefficient (Wildman–Crippen LogP) is 3.15. The molecular weight excluding hydrogens is 306 g/mol. The lowest BCUT2D eigenvalue weighted by atomic mass is 9.78. The van der Waals surface area contributed by atoms with E-state index in [1.807, 2.05) is 0 Å². The number of nitrogens with zero attached hydrogens (tertiary/aromatic N) is 1. The van der Waals surface area contributed by atoms with Gasteiger partial charge in [0.1, 0.15) is 0 Å². The van der Waals surface area contributed by atoms with E-state index in [1.54, 1.807) is 14.1 Å². The van der Waals surface area contributed by atoms with E-state index in [9.17, 15) is 4.79 Å². The highest BCUT2D eigenvalue weighted by Crippen LogP contribution is 2.48. The van der Waals surface area contributed by atoms with Gasteiger partial charge >= 0.3 is 0 Å². The molecule has 2 aromatic rings. The Morgan fingerprint density at radius 3 is 1.75 bits per heavy atom. The molecule has 0 spiro atoms. The summed E-state index contributed by atoms with van der Waals surface area (Å²) in [6.45, 7) is 2.18. The summed E-state index contributed by atoms with van der Waals surface area (Å²) in [7, 11) is 3.38. The maximum absolute atomic E-state index is 9.43. The fraction of sp³-hybridized carbons (Fsp3) is 0.167. The maximum atomic E-state index is 9.43. The second kappa shape index (κ2) is 11.3. The first-order valence-corrected chi connectivity index (χ1v) is 6.87. The first-order valence-electron chi connectivity index (χ1n) is 6.87. The number of rotatable bonds is 1. The topological polar surface area (TPSA) is 102 Å². The summed E-state index contributed by atoms with van der Waals surface area (Å²) in [4.78, 5) is 27.6. The molecule has 0 aromatic heterocycles. The Hall–Kier alpha value is -3.33. The van der Waals surface area contributed by atoms with Crippen molar-refractivity contribution in [3.8, 4) is 22.3 Å². The third-order valence-corrected chi connectivity index (χ3v) is 2.97.